The molecule has 0 fully saturated rings. The summed E-state index contributed by atoms with van der Waals surface area (Å²) in [4.78, 5) is 10.6. The van der Waals surface area contributed by atoms with E-state index >= 15 is 0 Å². The molecule has 122 valence electrons. The van der Waals surface area contributed by atoms with E-state index in [0.717, 1.165) is 11.0 Å². The maximum absolute atomic E-state index is 11.1. The van der Waals surface area contributed by atoms with Crippen molar-refractivity contribution in [2.24, 2.45) is 0 Å². The zero-order valence-electron chi connectivity index (χ0n) is 13.4. The first kappa shape index (κ1) is 14.9. The molecule has 4 rings (SSSR count). The van der Waals surface area contributed by atoms with Gasteiger partial charge in [0.15, 0.2) is 0 Å². The second kappa shape index (κ2) is 5.18. The van der Waals surface area contributed by atoms with Crippen molar-refractivity contribution in [2.75, 3.05) is 0 Å². The molecule has 4 aromatic rings. The molecule has 0 radical (unpaired) electrons. The lowest BCUT2D eigenvalue weighted by atomic mass is 10.1. The van der Waals surface area contributed by atoms with Gasteiger partial charge in [-0.05, 0) is 25.1 Å². The number of nitro benzene ring substituents is 1. The Kier molecular flexibility index (Phi) is 3.09. The number of nitrogens with one attached hydrogen (secondary N) is 1. The van der Waals surface area contributed by atoms with Crippen molar-refractivity contribution in [1.82, 2.24) is 8.97 Å². The van der Waals surface area contributed by atoms with Crippen LogP contribution in [0.4, 0.5) is 5.69 Å². The van der Waals surface area contributed by atoms with Crippen molar-refractivity contribution >= 4 is 33.1 Å². The SMILES string of the molecule is CCn1c2ccccc2n2c(=N)c3cc([N+](=O)[O-])ccc3c(C#N)c12. The van der Waals surface area contributed by atoms with Crippen LogP contribution in [0.15, 0.2) is 42.5 Å². The summed E-state index contributed by atoms with van der Waals surface area (Å²) in [6.07, 6.45) is 0. The van der Waals surface area contributed by atoms with Gasteiger partial charge in [0.25, 0.3) is 5.69 Å². The van der Waals surface area contributed by atoms with Crippen LogP contribution in [-0.4, -0.2) is 13.9 Å². The van der Waals surface area contributed by atoms with E-state index in [-0.39, 0.29) is 11.2 Å². The minimum Gasteiger partial charge on any atom is -0.325 e. The number of pyridine rings is 1. The van der Waals surface area contributed by atoms with Gasteiger partial charge in [-0.25, -0.2) is 0 Å². The number of non-ortho nitro benzene ring substituents is 1. The predicted molar refractivity (Wildman–Crippen MR) is 93.3 cm³/mol. The maximum Gasteiger partial charge on any atom is 0.270 e. The molecule has 0 unspecified atom stereocenters. The molecule has 0 saturated carbocycles. The number of fused-ring (bicyclic) bond motifs is 4. The molecule has 2 heterocycles. The van der Waals surface area contributed by atoms with Crippen molar-refractivity contribution in [2.45, 2.75) is 13.5 Å². The van der Waals surface area contributed by atoms with Gasteiger partial charge < -0.3 is 4.57 Å². The van der Waals surface area contributed by atoms with Crippen molar-refractivity contribution in [3.63, 3.8) is 0 Å². The fourth-order valence-electron chi connectivity index (χ4n) is 3.43. The van der Waals surface area contributed by atoms with Crippen LogP contribution in [0.1, 0.15) is 12.5 Å². The van der Waals surface area contributed by atoms with Gasteiger partial charge in [-0.15, -0.1) is 0 Å². The molecule has 0 atom stereocenters. The molecule has 0 amide bonds. The number of para-hydroxylation sites is 2. The first-order valence-electron chi connectivity index (χ1n) is 7.77. The molecular formula is C18H13N5O2. The summed E-state index contributed by atoms with van der Waals surface area (Å²) in [5.41, 5.74) is 2.81. The molecule has 0 bridgehead atoms. The number of aromatic nitrogens is 2. The van der Waals surface area contributed by atoms with Gasteiger partial charge in [-0.3, -0.25) is 19.9 Å². The topological polar surface area (TPSA) is 100 Å². The fraction of sp³-hybridized carbons (Fsp3) is 0.111. The number of benzene rings is 2. The van der Waals surface area contributed by atoms with Crippen molar-refractivity contribution < 1.29 is 4.92 Å². The van der Waals surface area contributed by atoms with Crippen LogP contribution in [0.25, 0.3) is 27.5 Å². The minimum atomic E-state index is -0.491. The third-order valence-corrected chi connectivity index (χ3v) is 4.49. The lowest BCUT2D eigenvalue weighted by molar-refractivity contribution is -0.384. The third kappa shape index (κ3) is 1.88. The Morgan fingerprint density at radius 3 is 2.56 bits per heavy atom. The van der Waals surface area contributed by atoms with Gasteiger partial charge in [0, 0.05) is 29.4 Å². The first-order valence-corrected chi connectivity index (χ1v) is 7.77. The Bertz CT molecular complexity index is 1290. The summed E-state index contributed by atoms with van der Waals surface area (Å²) >= 11 is 0. The Balaban J connectivity index is 2.37. The number of hydrogen-bond donors (Lipinski definition) is 1. The molecule has 25 heavy (non-hydrogen) atoms. The standard InChI is InChI=1S/C18H13N5O2/c1-2-21-15-5-3-4-6-16(15)22-17(20)13-9-11(23(24)25)7-8-12(13)14(10-19)18(21)22/h3-9,20H,2H2,1H3. The summed E-state index contributed by atoms with van der Waals surface area (Å²) in [6, 6.07) is 14.1. The number of nitrogens with zero attached hydrogens (tertiary/aromatic N) is 4. The normalized spacial score (nSPS) is 11.2. The van der Waals surface area contributed by atoms with Crippen LogP contribution in [0.2, 0.25) is 0 Å². The molecule has 0 aliphatic rings. The molecule has 2 aromatic heterocycles. The van der Waals surface area contributed by atoms with Crippen LogP contribution < -0.4 is 5.49 Å². The van der Waals surface area contributed by atoms with Crippen LogP contribution in [0, 0.1) is 26.9 Å². The highest BCUT2D eigenvalue weighted by molar-refractivity contribution is 5.96. The average molecular weight is 331 g/mol. The van der Waals surface area contributed by atoms with Gasteiger partial charge in [-0.1, -0.05) is 12.1 Å². The number of hydrogen-bond acceptors (Lipinski definition) is 4. The quantitative estimate of drug-likeness (QED) is 0.450. The van der Waals surface area contributed by atoms with E-state index in [1.807, 2.05) is 35.8 Å². The number of aryl methyl sites for hydroxylation is 1. The van der Waals surface area contributed by atoms with Crippen LogP contribution in [-0.2, 0) is 6.54 Å². The van der Waals surface area contributed by atoms with E-state index in [1.54, 1.807) is 10.5 Å². The van der Waals surface area contributed by atoms with Crippen molar-refractivity contribution in [3.05, 3.63) is 63.6 Å². The average Bonchev–Trinajstić information content (AvgIpc) is 2.96. The van der Waals surface area contributed by atoms with Gasteiger partial charge >= 0.3 is 0 Å². The molecular weight excluding hydrogens is 318 g/mol. The summed E-state index contributed by atoms with van der Waals surface area (Å²) in [5, 5.41) is 30.5. The number of imidazole rings is 1. The Labute approximate surface area is 141 Å². The lowest BCUT2D eigenvalue weighted by Gasteiger charge is -2.08. The second-order valence-corrected chi connectivity index (χ2v) is 5.71. The van der Waals surface area contributed by atoms with Crippen molar-refractivity contribution in [3.8, 4) is 6.07 Å². The van der Waals surface area contributed by atoms with Gasteiger partial charge in [0.2, 0.25) is 0 Å². The Morgan fingerprint density at radius 2 is 1.92 bits per heavy atom. The van der Waals surface area contributed by atoms with E-state index in [0.29, 0.717) is 28.5 Å². The Hall–Kier alpha value is -3.66. The van der Waals surface area contributed by atoms with Gasteiger partial charge in [-0.2, -0.15) is 5.26 Å². The van der Waals surface area contributed by atoms with Gasteiger partial charge in [0.05, 0.1) is 16.0 Å². The molecule has 0 saturated heterocycles. The summed E-state index contributed by atoms with van der Waals surface area (Å²) in [6.45, 7) is 2.63. The molecule has 7 heteroatoms. The smallest absolute Gasteiger partial charge is 0.270 e. The minimum absolute atomic E-state index is 0.0935. The van der Waals surface area contributed by atoms with Crippen LogP contribution >= 0.6 is 0 Å². The second-order valence-electron chi connectivity index (χ2n) is 5.71. The zero-order chi connectivity index (χ0) is 17.7. The first-order chi connectivity index (χ1) is 12.1. The molecule has 0 spiro atoms. The summed E-state index contributed by atoms with van der Waals surface area (Å²) in [5.74, 6) is 0. The van der Waals surface area contributed by atoms with E-state index in [4.69, 9.17) is 5.41 Å². The number of nitro groups is 1. The van der Waals surface area contributed by atoms with Crippen LogP contribution in [0.5, 0.6) is 0 Å². The number of rotatable bonds is 2. The highest BCUT2D eigenvalue weighted by atomic mass is 16.6. The highest BCUT2D eigenvalue weighted by Crippen LogP contribution is 2.28. The molecule has 7 nitrogen and oxygen atoms in total. The molecule has 2 aromatic carbocycles. The molecule has 1 N–H and O–H groups in total. The predicted octanol–water partition coefficient (Wildman–Crippen LogP) is 3.33. The maximum atomic E-state index is 11.1. The van der Waals surface area contributed by atoms with Crippen LogP contribution in [0.3, 0.4) is 0 Å². The van der Waals surface area contributed by atoms with Crippen molar-refractivity contribution in [1.29, 1.82) is 10.7 Å². The third-order valence-electron chi connectivity index (χ3n) is 4.49. The zero-order valence-corrected chi connectivity index (χ0v) is 13.4. The Morgan fingerprint density at radius 1 is 1.20 bits per heavy atom. The molecule has 0 aliphatic heterocycles. The van der Waals surface area contributed by atoms with E-state index in [1.165, 1.54) is 12.1 Å². The fourth-order valence-corrected chi connectivity index (χ4v) is 3.43. The summed E-state index contributed by atoms with van der Waals surface area (Å²) < 4.78 is 3.69. The van der Waals surface area contributed by atoms with E-state index in [2.05, 4.69) is 6.07 Å². The van der Waals surface area contributed by atoms with E-state index < -0.39 is 4.92 Å². The van der Waals surface area contributed by atoms with Gasteiger partial charge in [0.1, 0.15) is 22.8 Å². The summed E-state index contributed by atoms with van der Waals surface area (Å²) in [7, 11) is 0. The van der Waals surface area contributed by atoms with E-state index in [9.17, 15) is 15.4 Å². The monoisotopic (exact) mass is 331 g/mol. The number of nitriles is 1. The molecule has 0 aliphatic carbocycles. The lowest BCUT2D eigenvalue weighted by Crippen LogP contribution is -2.16. The highest BCUT2D eigenvalue weighted by Gasteiger charge is 2.19. The largest absolute Gasteiger partial charge is 0.325 e.